The van der Waals surface area contributed by atoms with Crippen LogP contribution in [0.2, 0.25) is 5.02 Å². The number of carbonyl (C=O) groups is 1. The van der Waals surface area contributed by atoms with Crippen molar-refractivity contribution < 1.29 is 22.7 Å². The molecule has 2 atom stereocenters. The van der Waals surface area contributed by atoms with Gasteiger partial charge in [0.1, 0.15) is 5.82 Å². The van der Waals surface area contributed by atoms with E-state index in [1.807, 2.05) is 11.8 Å². The molecular weight excluding hydrogens is 411 g/mol. The Bertz CT molecular complexity index is 745. The number of carbonyl (C=O) groups excluding carboxylic acids is 1. The molecule has 1 aliphatic heterocycles. The second-order valence-corrected chi connectivity index (χ2v) is 7.15. The highest BCUT2D eigenvalue weighted by molar-refractivity contribution is 6.33. The predicted octanol–water partition coefficient (Wildman–Crippen LogP) is 2.70. The number of halogens is 4. The summed E-state index contributed by atoms with van der Waals surface area (Å²) in [5.41, 5.74) is -0.874. The molecule has 2 heterocycles. The number of ether oxygens (including phenoxy) is 1. The first kappa shape index (κ1) is 23.1. The van der Waals surface area contributed by atoms with Gasteiger partial charge in [0.05, 0.1) is 30.2 Å². The Morgan fingerprint density at radius 2 is 2.24 bits per heavy atom. The van der Waals surface area contributed by atoms with Crippen LogP contribution in [0, 0.1) is 5.92 Å². The van der Waals surface area contributed by atoms with Crippen molar-refractivity contribution in [2.45, 2.75) is 32.5 Å². The smallest absolute Gasteiger partial charge is 0.417 e. The van der Waals surface area contributed by atoms with E-state index >= 15 is 0 Å². The Hall–Kier alpha value is -2.23. The van der Waals surface area contributed by atoms with Crippen LogP contribution in [0.4, 0.5) is 19.0 Å². The Kier molecular flexibility index (Phi) is 7.95. The SMILES string of the molecule is CCNC(=NCC(C)C(=O)OC)NC1CCN(c2ncc(C(F)(F)F)cc2Cl)C1. The molecule has 2 N–H and O–H groups in total. The second-order valence-electron chi connectivity index (χ2n) is 6.75. The molecule has 11 heteroatoms. The van der Waals surface area contributed by atoms with Crippen LogP contribution in [0.1, 0.15) is 25.8 Å². The van der Waals surface area contributed by atoms with Gasteiger partial charge in [-0.1, -0.05) is 18.5 Å². The fraction of sp³-hybridized carbons (Fsp3) is 0.611. The molecule has 0 radical (unpaired) electrons. The minimum absolute atomic E-state index is 0.00129. The van der Waals surface area contributed by atoms with Crippen LogP contribution in [-0.2, 0) is 15.7 Å². The molecule has 29 heavy (non-hydrogen) atoms. The van der Waals surface area contributed by atoms with Crippen molar-refractivity contribution >= 4 is 29.3 Å². The lowest BCUT2D eigenvalue weighted by Crippen LogP contribution is -2.45. The quantitative estimate of drug-likeness (QED) is 0.406. The number of rotatable bonds is 6. The predicted molar refractivity (Wildman–Crippen MR) is 105 cm³/mol. The van der Waals surface area contributed by atoms with E-state index in [2.05, 4.69) is 20.6 Å². The summed E-state index contributed by atoms with van der Waals surface area (Å²) in [6.45, 7) is 5.66. The van der Waals surface area contributed by atoms with E-state index in [0.29, 0.717) is 31.4 Å². The summed E-state index contributed by atoms with van der Waals surface area (Å²) in [5, 5.41) is 6.36. The minimum Gasteiger partial charge on any atom is -0.469 e. The van der Waals surface area contributed by atoms with Crippen molar-refractivity contribution in [3.8, 4) is 0 Å². The van der Waals surface area contributed by atoms with Gasteiger partial charge in [0.15, 0.2) is 5.96 Å². The number of aromatic nitrogens is 1. The van der Waals surface area contributed by atoms with Gasteiger partial charge in [0.25, 0.3) is 0 Å². The number of guanidine groups is 1. The maximum atomic E-state index is 12.8. The number of esters is 1. The third kappa shape index (κ3) is 6.38. The van der Waals surface area contributed by atoms with Gasteiger partial charge in [-0.2, -0.15) is 13.2 Å². The van der Waals surface area contributed by atoms with Gasteiger partial charge in [-0.3, -0.25) is 9.79 Å². The van der Waals surface area contributed by atoms with E-state index in [9.17, 15) is 18.0 Å². The Morgan fingerprint density at radius 1 is 1.52 bits per heavy atom. The normalized spacial score (nSPS) is 18.5. The van der Waals surface area contributed by atoms with Gasteiger partial charge in [-0.05, 0) is 19.4 Å². The molecule has 0 aliphatic carbocycles. The van der Waals surface area contributed by atoms with Crippen LogP contribution in [0.15, 0.2) is 17.3 Å². The molecule has 0 spiro atoms. The van der Waals surface area contributed by atoms with Crippen molar-refractivity contribution in [1.29, 1.82) is 0 Å². The zero-order chi connectivity index (χ0) is 21.6. The number of nitrogens with zero attached hydrogens (tertiary/aromatic N) is 3. The summed E-state index contributed by atoms with van der Waals surface area (Å²) in [6.07, 6.45) is -2.96. The maximum absolute atomic E-state index is 12.8. The van der Waals surface area contributed by atoms with Crippen LogP contribution in [0.3, 0.4) is 0 Å². The fourth-order valence-electron chi connectivity index (χ4n) is 2.91. The van der Waals surface area contributed by atoms with Crippen molar-refractivity contribution in [3.05, 3.63) is 22.8 Å². The number of hydrogen-bond donors (Lipinski definition) is 2. The molecule has 0 saturated carbocycles. The largest absolute Gasteiger partial charge is 0.469 e. The van der Waals surface area contributed by atoms with E-state index in [4.69, 9.17) is 16.3 Å². The molecule has 7 nitrogen and oxygen atoms in total. The first-order chi connectivity index (χ1) is 13.7. The molecule has 0 aromatic carbocycles. The van der Waals surface area contributed by atoms with Crippen molar-refractivity contribution in [1.82, 2.24) is 15.6 Å². The standard InChI is InChI=1S/C18H25ClF3N5O2/c1-4-23-17(25-8-11(2)16(28)29-3)26-13-5-6-27(10-13)15-14(19)7-12(9-24-15)18(20,21)22/h7,9,11,13H,4-6,8,10H2,1-3H3,(H2,23,25,26). The topological polar surface area (TPSA) is 78.8 Å². The van der Waals surface area contributed by atoms with Gasteiger partial charge in [0.2, 0.25) is 0 Å². The summed E-state index contributed by atoms with van der Waals surface area (Å²) < 4.78 is 43.1. The Labute approximate surface area is 172 Å². The summed E-state index contributed by atoms with van der Waals surface area (Å²) in [7, 11) is 1.33. The number of aliphatic imine (C=N–C) groups is 1. The lowest BCUT2D eigenvalue weighted by Gasteiger charge is -2.21. The summed E-state index contributed by atoms with van der Waals surface area (Å²) in [5.74, 6) is 0.178. The molecule has 1 saturated heterocycles. The molecule has 1 aromatic heterocycles. The van der Waals surface area contributed by atoms with Crippen molar-refractivity contribution in [2.75, 3.05) is 38.2 Å². The number of hydrogen-bond acceptors (Lipinski definition) is 5. The lowest BCUT2D eigenvalue weighted by atomic mass is 10.2. The molecule has 0 bridgehead atoms. The average Bonchev–Trinajstić information content (AvgIpc) is 3.12. The van der Waals surface area contributed by atoms with Crippen LogP contribution >= 0.6 is 11.6 Å². The third-order valence-corrected chi connectivity index (χ3v) is 4.73. The molecule has 1 aromatic rings. The first-order valence-corrected chi connectivity index (χ1v) is 9.63. The lowest BCUT2D eigenvalue weighted by molar-refractivity contribution is -0.144. The van der Waals surface area contributed by atoms with Crippen LogP contribution < -0.4 is 15.5 Å². The summed E-state index contributed by atoms with van der Waals surface area (Å²) in [6, 6.07) is 0.895. The van der Waals surface area contributed by atoms with Crippen LogP contribution in [0.5, 0.6) is 0 Å². The van der Waals surface area contributed by atoms with Crippen molar-refractivity contribution in [3.63, 3.8) is 0 Å². The van der Waals surface area contributed by atoms with Gasteiger partial charge >= 0.3 is 12.1 Å². The summed E-state index contributed by atoms with van der Waals surface area (Å²) in [4.78, 5) is 21.7. The number of anilines is 1. The van der Waals surface area contributed by atoms with Crippen LogP contribution in [0.25, 0.3) is 0 Å². The fourth-order valence-corrected chi connectivity index (χ4v) is 3.19. The highest BCUT2D eigenvalue weighted by atomic mass is 35.5. The van der Waals surface area contributed by atoms with Crippen LogP contribution in [-0.4, -0.2) is 56.2 Å². The molecule has 2 unspecified atom stereocenters. The number of nitrogens with one attached hydrogen (secondary N) is 2. The highest BCUT2D eigenvalue weighted by Crippen LogP contribution is 2.34. The van der Waals surface area contributed by atoms with Gasteiger partial charge in [-0.25, -0.2) is 4.98 Å². The van der Waals surface area contributed by atoms with Gasteiger partial charge in [-0.15, -0.1) is 0 Å². The number of pyridine rings is 1. The maximum Gasteiger partial charge on any atom is 0.417 e. The molecular formula is C18H25ClF3N5O2. The van der Waals surface area contributed by atoms with Gasteiger partial charge < -0.3 is 20.3 Å². The van der Waals surface area contributed by atoms with E-state index in [-0.39, 0.29) is 29.5 Å². The molecule has 2 rings (SSSR count). The third-order valence-electron chi connectivity index (χ3n) is 4.45. The number of alkyl halides is 3. The zero-order valence-electron chi connectivity index (χ0n) is 16.5. The Balaban J connectivity index is 2.01. The van der Waals surface area contributed by atoms with E-state index in [0.717, 1.165) is 18.7 Å². The van der Waals surface area contributed by atoms with Crippen molar-refractivity contribution in [2.24, 2.45) is 10.9 Å². The molecule has 1 fully saturated rings. The second kappa shape index (κ2) is 10.00. The van der Waals surface area contributed by atoms with E-state index in [1.165, 1.54) is 7.11 Å². The first-order valence-electron chi connectivity index (χ1n) is 9.26. The molecule has 1 aliphatic rings. The highest BCUT2D eigenvalue weighted by Gasteiger charge is 2.33. The molecule has 162 valence electrons. The van der Waals surface area contributed by atoms with E-state index < -0.39 is 11.7 Å². The van der Waals surface area contributed by atoms with E-state index in [1.54, 1.807) is 6.92 Å². The van der Waals surface area contributed by atoms with Gasteiger partial charge in [0, 0.05) is 31.9 Å². The average molecular weight is 436 g/mol. The zero-order valence-corrected chi connectivity index (χ0v) is 17.3. The number of methoxy groups -OCH3 is 1. The Morgan fingerprint density at radius 3 is 2.83 bits per heavy atom. The monoisotopic (exact) mass is 435 g/mol. The minimum atomic E-state index is -4.48. The molecule has 0 amide bonds. The summed E-state index contributed by atoms with van der Waals surface area (Å²) >= 11 is 6.04.